The predicted molar refractivity (Wildman–Crippen MR) is 70.9 cm³/mol. The molecule has 2 N–H and O–H groups in total. The average Bonchev–Trinajstić information content (AvgIpc) is 2.15. The zero-order valence-electron chi connectivity index (χ0n) is 8.88. The van der Waals surface area contributed by atoms with Gasteiger partial charge in [0.2, 0.25) is 5.91 Å². The molecule has 0 fully saturated rings. The summed E-state index contributed by atoms with van der Waals surface area (Å²) < 4.78 is 1.11. The van der Waals surface area contributed by atoms with E-state index in [9.17, 15) is 4.79 Å². The second-order valence-corrected chi connectivity index (χ2v) is 4.84. The van der Waals surface area contributed by atoms with Gasteiger partial charge >= 0.3 is 0 Å². The number of carbonyl (C=O) groups is 1. The summed E-state index contributed by atoms with van der Waals surface area (Å²) in [6.45, 7) is 4.38. The molecular weight excluding hydrogens is 303 g/mol. The highest BCUT2D eigenvalue weighted by Crippen LogP contribution is 2.11. The van der Waals surface area contributed by atoms with Gasteiger partial charge in [0.05, 0.1) is 6.54 Å². The van der Waals surface area contributed by atoms with E-state index < -0.39 is 0 Å². The number of halogens is 1. The molecule has 0 bridgehead atoms. The molecule has 0 aliphatic rings. The topological polar surface area (TPSA) is 41.1 Å². The largest absolute Gasteiger partial charge is 0.325 e. The number of hydrogen-bond donors (Lipinski definition) is 2. The summed E-state index contributed by atoms with van der Waals surface area (Å²) in [6, 6.07) is 8.06. The van der Waals surface area contributed by atoms with Gasteiger partial charge in [0, 0.05) is 15.3 Å². The Morgan fingerprint density at radius 2 is 2.20 bits per heavy atom. The molecule has 0 spiro atoms. The summed E-state index contributed by atoms with van der Waals surface area (Å²) in [6.07, 6.45) is 0. The number of amides is 1. The fraction of sp³-hybridized carbons (Fsp3) is 0.364. The van der Waals surface area contributed by atoms with Crippen molar-refractivity contribution >= 4 is 34.2 Å². The van der Waals surface area contributed by atoms with Crippen molar-refractivity contribution in [2.24, 2.45) is 0 Å². The lowest BCUT2D eigenvalue weighted by Crippen LogP contribution is -2.32. The van der Waals surface area contributed by atoms with E-state index in [1.807, 2.05) is 38.1 Å². The van der Waals surface area contributed by atoms with Crippen molar-refractivity contribution in [3.63, 3.8) is 0 Å². The first-order valence-corrected chi connectivity index (χ1v) is 5.94. The van der Waals surface area contributed by atoms with Crippen LogP contribution >= 0.6 is 22.6 Å². The quantitative estimate of drug-likeness (QED) is 0.836. The number of rotatable bonds is 4. The highest BCUT2D eigenvalue weighted by molar-refractivity contribution is 14.1. The molecule has 0 saturated carbocycles. The number of anilines is 1. The Morgan fingerprint density at radius 3 is 2.80 bits per heavy atom. The van der Waals surface area contributed by atoms with E-state index in [1.54, 1.807) is 0 Å². The van der Waals surface area contributed by atoms with Gasteiger partial charge in [-0.2, -0.15) is 0 Å². The summed E-state index contributed by atoms with van der Waals surface area (Å²) in [7, 11) is 0. The molecule has 0 radical (unpaired) electrons. The molecule has 1 aromatic carbocycles. The van der Waals surface area contributed by atoms with Crippen LogP contribution in [0.25, 0.3) is 0 Å². The molecule has 1 aromatic rings. The van der Waals surface area contributed by atoms with E-state index in [0.717, 1.165) is 9.26 Å². The highest BCUT2D eigenvalue weighted by Gasteiger charge is 2.02. The first-order chi connectivity index (χ1) is 7.08. The van der Waals surface area contributed by atoms with Crippen molar-refractivity contribution in [1.82, 2.24) is 5.32 Å². The molecule has 1 amide bonds. The van der Waals surface area contributed by atoms with Crippen LogP contribution < -0.4 is 10.6 Å². The Labute approximate surface area is 104 Å². The second kappa shape index (κ2) is 6.07. The van der Waals surface area contributed by atoms with E-state index in [-0.39, 0.29) is 5.91 Å². The van der Waals surface area contributed by atoms with Gasteiger partial charge in [0.25, 0.3) is 0 Å². The third-order valence-corrected chi connectivity index (χ3v) is 2.45. The number of nitrogens with one attached hydrogen (secondary N) is 2. The Morgan fingerprint density at radius 1 is 1.47 bits per heavy atom. The van der Waals surface area contributed by atoms with Crippen LogP contribution in [-0.2, 0) is 4.79 Å². The first-order valence-electron chi connectivity index (χ1n) is 4.86. The van der Waals surface area contributed by atoms with Crippen LogP contribution in [0.2, 0.25) is 0 Å². The van der Waals surface area contributed by atoms with Crippen LogP contribution in [0.1, 0.15) is 13.8 Å². The lowest BCUT2D eigenvalue weighted by Gasteiger charge is -2.08. The van der Waals surface area contributed by atoms with E-state index in [0.29, 0.717) is 12.6 Å². The molecule has 0 aromatic heterocycles. The maximum atomic E-state index is 11.5. The van der Waals surface area contributed by atoms with E-state index in [2.05, 4.69) is 33.2 Å². The molecule has 4 heteroatoms. The monoisotopic (exact) mass is 318 g/mol. The first kappa shape index (κ1) is 12.4. The minimum absolute atomic E-state index is 0.00861. The third kappa shape index (κ3) is 5.13. The maximum absolute atomic E-state index is 11.5. The molecule has 0 unspecified atom stereocenters. The van der Waals surface area contributed by atoms with Crippen molar-refractivity contribution in [2.45, 2.75) is 19.9 Å². The lowest BCUT2D eigenvalue weighted by atomic mass is 10.3. The lowest BCUT2D eigenvalue weighted by molar-refractivity contribution is -0.115. The van der Waals surface area contributed by atoms with E-state index in [1.165, 1.54) is 0 Å². The van der Waals surface area contributed by atoms with Gasteiger partial charge in [-0.15, -0.1) is 0 Å². The zero-order valence-corrected chi connectivity index (χ0v) is 11.0. The van der Waals surface area contributed by atoms with Crippen molar-refractivity contribution in [2.75, 3.05) is 11.9 Å². The standard InChI is InChI=1S/C11H15IN2O/c1-8(2)13-7-11(15)14-10-5-3-4-9(12)6-10/h3-6,8,13H,7H2,1-2H3,(H,14,15). The van der Waals surface area contributed by atoms with Gasteiger partial charge in [-0.3, -0.25) is 4.79 Å². The molecular formula is C11H15IN2O. The van der Waals surface area contributed by atoms with Gasteiger partial charge < -0.3 is 10.6 Å². The number of carbonyl (C=O) groups excluding carboxylic acids is 1. The van der Waals surface area contributed by atoms with Crippen LogP contribution in [-0.4, -0.2) is 18.5 Å². The number of hydrogen-bond acceptors (Lipinski definition) is 2. The van der Waals surface area contributed by atoms with Crippen molar-refractivity contribution in [3.05, 3.63) is 27.8 Å². The Balaban J connectivity index is 2.44. The number of benzene rings is 1. The van der Waals surface area contributed by atoms with Gasteiger partial charge in [-0.05, 0) is 40.8 Å². The van der Waals surface area contributed by atoms with Gasteiger partial charge in [0.15, 0.2) is 0 Å². The van der Waals surface area contributed by atoms with Crippen LogP contribution in [0.4, 0.5) is 5.69 Å². The summed E-state index contributed by atoms with van der Waals surface area (Å²) in [4.78, 5) is 11.5. The highest BCUT2D eigenvalue weighted by atomic mass is 127. The molecule has 0 atom stereocenters. The van der Waals surface area contributed by atoms with Crippen LogP contribution in [0.15, 0.2) is 24.3 Å². The molecule has 82 valence electrons. The molecule has 3 nitrogen and oxygen atoms in total. The molecule has 0 saturated heterocycles. The zero-order chi connectivity index (χ0) is 11.3. The summed E-state index contributed by atoms with van der Waals surface area (Å²) in [5.74, 6) is -0.00861. The average molecular weight is 318 g/mol. The SMILES string of the molecule is CC(C)NCC(=O)Nc1cccc(I)c1. The van der Waals surface area contributed by atoms with E-state index >= 15 is 0 Å². The van der Waals surface area contributed by atoms with Gasteiger partial charge in [-0.25, -0.2) is 0 Å². The van der Waals surface area contributed by atoms with Gasteiger partial charge in [-0.1, -0.05) is 19.9 Å². The van der Waals surface area contributed by atoms with E-state index in [4.69, 9.17) is 0 Å². The molecule has 0 aliphatic carbocycles. The summed E-state index contributed by atoms with van der Waals surface area (Å²) in [5.41, 5.74) is 0.845. The second-order valence-electron chi connectivity index (χ2n) is 3.59. The van der Waals surface area contributed by atoms with Crippen molar-refractivity contribution in [1.29, 1.82) is 0 Å². The smallest absolute Gasteiger partial charge is 0.238 e. The van der Waals surface area contributed by atoms with Crippen molar-refractivity contribution < 1.29 is 4.79 Å². The normalized spacial score (nSPS) is 10.4. The van der Waals surface area contributed by atoms with Crippen LogP contribution in [0.3, 0.4) is 0 Å². The molecule has 15 heavy (non-hydrogen) atoms. The minimum Gasteiger partial charge on any atom is -0.325 e. The Kier molecular flexibility index (Phi) is 5.04. The Hall–Kier alpha value is -0.620. The van der Waals surface area contributed by atoms with Crippen LogP contribution in [0.5, 0.6) is 0 Å². The summed E-state index contributed by atoms with van der Waals surface area (Å²) in [5, 5.41) is 5.90. The fourth-order valence-corrected chi connectivity index (χ4v) is 1.61. The fourth-order valence-electron chi connectivity index (χ4n) is 1.07. The summed E-state index contributed by atoms with van der Waals surface area (Å²) >= 11 is 2.22. The third-order valence-electron chi connectivity index (χ3n) is 1.78. The van der Waals surface area contributed by atoms with Gasteiger partial charge in [0.1, 0.15) is 0 Å². The molecule has 0 aliphatic heterocycles. The van der Waals surface area contributed by atoms with Crippen molar-refractivity contribution in [3.8, 4) is 0 Å². The molecule has 1 rings (SSSR count). The minimum atomic E-state index is -0.00861. The maximum Gasteiger partial charge on any atom is 0.238 e. The van der Waals surface area contributed by atoms with Crippen LogP contribution in [0, 0.1) is 3.57 Å². The molecule has 0 heterocycles. The Bertz CT molecular complexity index is 339. The predicted octanol–water partition coefficient (Wildman–Crippen LogP) is 2.23.